The van der Waals surface area contributed by atoms with Crippen LogP contribution >= 0.6 is 11.6 Å². The molecule has 0 aliphatic heterocycles. The lowest BCUT2D eigenvalue weighted by Crippen LogP contribution is -2.15. The van der Waals surface area contributed by atoms with Gasteiger partial charge >= 0.3 is 0 Å². The van der Waals surface area contributed by atoms with Crippen LogP contribution in [0.2, 0.25) is 5.02 Å². The van der Waals surface area contributed by atoms with E-state index in [4.69, 9.17) is 17.3 Å². The molecule has 1 fully saturated rings. The smallest absolute Gasteiger partial charge is 0.0767 e. The second kappa shape index (κ2) is 6.50. The molecule has 0 spiro atoms. The van der Waals surface area contributed by atoms with Gasteiger partial charge in [-0.3, -0.25) is 0 Å². The molecule has 4 nitrogen and oxygen atoms in total. The summed E-state index contributed by atoms with van der Waals surface area (Å²) in [5.74, 6) is 0.573. The summed E-state index contributed by atoms with van der Waals surface area (Å²) < 4.78 is 2.05. The van der Waals surface area contributed by atoms with Crippen LogP contribution in [0.5, 0.6) is 0 Å². The molecule has 1 heterocycles. The normalized spacial score (nSPS) is 15.5. The van der Waals surface area contributed by atoms with Gasteiger partial charge in [0.1, 0.15) is 0 Å². The molecule has 0 atom stereocenters. The minimum absolute atomic E-state index is 0.573. The number of nitrogens with zero attached hydrogens (tertiary/aromatic N) is 2. The number of nitrogens with one attached hydrogen (secondary N) is 1. The van der Waals surface area contributed by atoms with Crippen molar-refractivity contribution in [2.75, 3.05) is 18.4 Å². The SMILES string of the molecule is NCCNc1cnn(-c2ccc(Cl)cc2)c1C1CCCC1. The molecule has 21 heavy (non-hydrogen) atoms. The molecular weight excluding hydrogens is 284 g/mol. The first-order chi connectivity index (χ1) is 10.3. The van der Waals surface area contributed by atoms with Crippen molar-refractivity contribution in [3.63, 3.8) is 0 Å². The van der Waals surface area contributed by atoms with E-state index in [1.807, 2.05) is 35.1 Å². The van der Waals surface area contributed by atoms with Crippen molar-refractivity contribution in [3.8, 4) is 5.69 Å². The van der Waals surface area contributed by atoms with Crippen LogP contribution in [0.4, 0.5) is 5.69 Å². The summed E-state index contributed by atoms with van der Waals surface area (Å²) in [4.78, 5) is 0. The average Bonchev–Trinajstić information content (AvgIpc) is 3.14. The number of benzene rings is 1. The van der Waals surface area contributed by atoms with Crippen LogP contribution in [0.3, 0.4) is 0 Å². The zero-order valence-electron chi connectivity index (χ0n) is 12.1. The summed E-state index contributed by atoms with van der Waals surface area (Å²) in [7, 11) is 0. The molecule has 0 radical (unpaired) electrons. The van der Waals surface area contributed by atoms with Gasteiger partial charge in [0.05, 0.1) is 23.3 Å². The van der Waals surface area contributed by atoms with Crippen LogP contribution in [0, 0.1) is 0 Å². The fraction of sp³-hybridized carbons (Fsp3) is 0.438. The Kier molecular flexibility index (Phi) is 4.46. The largest absolute Gasteiger partial charge is 0.381 e. The van der Waals surface area contributed by atoms with Crippen LogP contribution in [0.1, 0.15) is 37.3 Å². The highest BCUT2D eigenvalue weighted by Crippen LogP contribution is 2.38. The van der Waals surface area contributed by atoms with E-state index in [2.05, 4.69) is 10.4 Å². The van der Waals surface area contributed by atoms with E-state index in [1.54, 1.807) is 0 Å². The molecule has 1 aromatic heterocycles. The fourth-order valence-corrected chi connectivity index (χ4v) is 3.21. The standard InChI is InChI=1S/C16H21ClN4/c17-13-5-7-14(8-6-13)21-16(12-3-1-2-4-12)15(11-20-21)19-10-9-18/h5-8,11-12,19H,1-4,9-10,18H2. The van der Waals surface area contributed by atoms with Crippen LogP contribution < -0.4 is 11.1 Å². The molecule has 0 saturated heterocycles. The Hall–Kier alpha value is -1.52. The number of anilines is 1. The summed E-state index contributed by atoms with van der Waals surface area (Å²) in [5.41, 5.74) is 9.06. The predicted molar refractivity (Wildman–Crippen MR) is 87.3 cm³/mol. The van der Waals surface area contributed by atoms with E-state index >= 15 is 0 Å². The molecule has 0 amide bonds. The Balaban J connectivity index is 1.98. The average molecular weight is 305 g/mol. The highest BCUT2D eigenvalue weighted by Gasteiger charge is 2.25. The van der Waals surface area contributed by atoms with Crippen LogP contribution in [0.15, 0.2) is 30.5 Å². The third-order valence-corrected chi connectivity index (χ3v) is 4.33. The van der Waals surface area contributed by atoms with Crippen molar-refractivity contribution in [3.05, 3.63) is 41.2 Å². The summed E-state index contributed by atoms with van der Waals surface area (Å²) in [6.07, 6.45) is 6.98. The zero-order chi connectivity index (χ0) is 14.7. The fourth-order valence-electron chi connectivity index (χ4n) is 3.08. The van der Waals surface area contributed by atoms with Gasteiger partial charge in [0, 0.05) is 24.0 Å². The molecule has 1 aliphatic carbocycles. The second-order valence-electron chi connectivity index (χ2n) is 5.53. The van der Waals surface area contributed by atoms with E-state index in [0.29, 0.717) is 12.5 Å². The number of hydrogen-bond donors (Lipinski definition) is 2. The van der Waals surface area contributed by atoms with E-state index in [9.17, 15) is 0 Å². The first kappa shape index (κ1) is 14.4. The Morgan fingerprint density at radius 3 is 2.62 bits per heavy atom. The molecule has 3 rings (SSSR count). The van der Waals surface area contributed by atoms with Gasteiger partial charge in [-0.05, 0) is 37.1 Å². The summed E-state index contributed by atoms with van der Waals surface area (Å²) in [6.45, 7) is 1.39. The summed E-state index contributed by atoms with van der Waals surface area (Å²) in [6, 6.07) is 7.84. The maximum absolute atomic E-state index is 5.98. The highest BCUT2D eigenvalue weighted by atomic mass is 35.5. The van der Waals surface area contributed by atoms with Gasteiger partial charge in [0.2, 0.25) is 0 Å². The van der Waals surface area contributed by atoms with Crippen LogP contribution in [0.25, 0.3) is 5.69 Å². The maximum Gasteiger partial charge on any atom is 0.0767 e. The van der Waals surface area contributed by atoms with Crippen molar-refractivity contribution < 1.29 is 0 Å². The zero-order valence-corrected chi connectivity index (χ0v) is 12.8. The van der Waals surface area contributed by atoms with Gasteiger partial charge in [-0.15, -0.1) is 0 Å². The van der Waals surface area contributed by atoms with Gasteiger partial charge in [0.15, 0.2) is 0 Å². The third kappa shape index (κ3) is 3.06. The Labute approximate surface area is 130 Å². The quantitative estimate of drug-likeness (QED) is 0.888. The minimum atomic E-state index is 0.573. The van der Waals surface area contributed by atoms with E-state index in [0.717, 1.165) is 22.9 Å². The lowest BCUT2D eigenvalue weighted by atomic mass is 10.0. The third-order valence-electron chi connectivity index (χ3n) is 4.08. The Morgan fingerprint density at radius 2 is 1.95 bits per heavy atom. The number of aromatic nitrogens is 2. The van der Waals surface area contributed by atoms with Crippen molar-refractivity contribution >= 4 is 17.3 Å². The summed E-state index contributed by atoms with van der Waals surface area (Å²) in [5, 5.41) is 8.74. The van der Waals surface area contributed by atoms with Gasteiger partial charge in [-0.1, -0.05) is 24.4 Å². The molecule has 0 unspecified atom stereocenters. The molecule has 2 aromatic rings. The van der Waals surface area contributed by atoms with Crippen molar-refractivity contribution in [1.82, 2.24) is 9.78 Å². The van der Waals surface area contributed by atoms with Gasteiger partial charge in [0.25, 0.3) is 0 Å². The van der Waals surface area contributed by atoms with E-state index in [1.165, 1.54) is 31.4 Å². The van der Waals surface area contributed by atoms with Crippen molar-refractivity contribution in [2.45, 2.75) is 31.6 Å². The monoisotopic (exact) mass is 304 g/mol. The molecular formula is C16H21ClN4. The van der Waals surface area contributed by atoms with Gasteiger partial charge in [-0.25, -0.2) is 4.68 Å². The van der Waals surface area contributed by atoms with Crippen molar-refractivity contribution in [1.29, 1.82) is 0 Å². The first-order valence-corrected chi connectivity index (χ1v) is 7.95. The molecule has 1 aliphatic rings. The highest BCUT2D eigenvalue weighted by molar-refractivity contribution is 6.30. The molecule has 1 aromatic carbocycles. The van der Waals surface area contributed by atoms with E-state index < -0.39 is 0 Å². The summed E-state index contributed by atoms with van der Waals surface area (Å²) >= 11 is 5.98. The lowest BCUT2D eigenvalue weighted by molar-refractivity contribution is 0.656. The number of rotatable bonds is 5. The van der Waals surface area contributed by atoms with Crippen LogP contribution in [-0.2, 0) is 0 Å². The first-order valence-electron chi connectivity index (χ1n) is 7.57. The number of hydrogen-bond acceptors (Lipinski definition) is 3. The molecule has 5 heteroatoms. The van der Waals surface area contributed by atoms with E-state index in [-0.39, 0.29) is 0 Å². The second-order valence-corrected chi connectivity index (χ2v) is 5.96. The topological polar surface area (TPSA) is 55.9 Å². The van der Waals surface area contributed by atoms with Gasteiger partial charge in [-0.2, -0.15) is 5.10 Å². The Morgan fingerprint density at radius 1 is 1.24 bits per heavy atom. The molecule has 1 saturated carbocycles. The Bertz CT molecular complexity index is 585. The molecule has 3 N–H and O–H groups in total. The molecule has 112 valence electrons. The number of nitrogens with two attached hydrogens (primary N) is 1. The minimum Gasteiger partial charge on any atom is -0.381 e. The van der Waals surface area contributed by atoms with Gasteiger partial charge < -0.3 is 11.1 Å². The number of halogens is 1. The van der Waals surface area contributed by atoms with Crippen LogP contribution in [-0.4, -0.2) is 22.9 Å². The molecule has 0 bridgehead atoms. The predicted octanol–water partition coefficient (Wildman–Crippen LogP) is 3.55. The van der Waals surface area contributed by atoms with Crippen molar-refractivity contribution in [2.24, 2.45) is 5.73 Å². The maximum atomic E-state index is 5.98. The lowest BCUT2D eigenvalue weighted by Gasteiger charge is -2.16.